The Kier molecular flexibility index (Phi) is 5.87. The second-order valence-electron chi connectivity index (χ2n) is 6.94. The molecule has 0 spiro atoms. The molecule has 152 valence electrons. The Bertz CT molecular complexity index is 945. The molecule has 1 aliphatic rings. The molecule has 1 atom stereocenters. The molecule has 30 heavy (non-hydrogen) atoms. The first-order valence-corrected chi connectivity index (χ1v) is 11.0. The molecule has 0 radical (unpaired) electrons. The quantitative estimate of drug-likeness (QED) is 0.225. The molecule has 3 aromatic carbocycles. The zero-order valence-electron chi connectivity index (χ0n) is 16.5. The summed E-state index contributed by atoms with van der Waals surface area (Å²) in [5.41, 5.74) is 2.03. The van der Waals surface area contributed by atoms with E-state index < -0.39 is 11.5 Å². The van der Waals surface area contributed by atoms with Crippen molar-refractivity contribution in [1.29, 1.82) is 0 Å². The second kappa shape index (κ2) is 8.57. The molecule has 5 nitrogen and oxygen atoms in total. The minimum atomic E-state index is -1.04. The van der Waals surface area contributed by atoms with Gasteiger partial charge >= 0.3 is 5.97 Å². The third-order valence-corrected chi connectivity index (χ3v) is 6.26. The number of aliphatic carboxylic acids is 1. The Labute approximate surface area is 189 Å². The number of benzene rings is 3. The summed E-state index contributed by atoms with van der Waals surface area (Å²) < 4.78 is -0.311. The van der Waals surface area contributed by atoms with Gasteiger partial charge in [-0.05, 0) is 39.3 Å². The van der Waals surface area contributed by atoms with Gasteiger partial charge in [-0.15, -0.1) is 0 Å². The number of carboxylic acid groups (broad SMARTS) is 1. The Balaban J connectivity index is 2.13. The van der Waals surface area contributed by atoms with Gasteiger partial charge in [-0.2, -0.15) is 5.01 Å². The summed E-state index contributed by atoms with van der Waals surface area (Å²) >= 11 is 2.19. The predicted octanol–water partition coefficient (Wildman–Crippen LogP) is 4.73. The Hall–Kier alpha value is -2.71. The lowest BCUT2D eigenvalue weighted by Gasteiger charge is -2.48. The van der Waals surface area contributed by atoms with Crippen molar-refractivity contribution < 1.29 is 9.90 Å². The molecule has 0 aliphatic carbocycles. The lowest BCUT2D eigenvalue weighted by atomic mass is 9.76. The first-order chi connectivity index (χ1) is 14.6. The number of alkyl halides is 1. The molecule has 0 bridgehead atoms. The average molecular weight is 511 g/mol. The van der Waals surface area contributed by atoms with Gasteiger partial charge < -0.3 is 5.11 Å². The highest BCUT2D eigenvalue weighted by molar-refractivity contribution is 14.1. The molecule has 1 heterocycles. The summed E-state index contributed by atoms with van der Waals surface area (Å²) in [5.74, 6) is -1.01. The molecular weight excluding hydrogens is 489 g/mol. The molecule has 1 aliphatic heterocycles. The van der Waals surface area contributed by atoms with Crippen molar-refractivity contribution in [2.45, 2.75) is 16.6 Å². The molecule has 1 N–H and O–H groups in total. The van der Waals surface area contributed by atoms with Gasteiger partial charge in [0.2, 0.25) is 5.84 Å². The van der Waals surface area contributed by atoms with Crippen LogP contribution < -0.4 is 0 Å². The van der Waals surface area contributed by atoms with E-state index in [1.54, 1.807) is 0 Å². The summed E-state index contributed by atoms with van der Waals surface area (Å²) in [6, 6.07) is 30.1. The lowest BCUT2D eigenvalue weighted by Crippen LogP contribution is -2.58. The van der Waals surface area contributed by atoms with Gasteiger partial charge in [-0.3, -0.25) is 5.01 Å². The van der Waals surface area contributed by atoms with Crippen LogP contribution in [0.5, 0.6) is 0 Å². The fourth-order valence-corrected chi connectivity index (χ4v) is 5.04. The Morgan fingerprint density at radius 1 is 0.900 bits per heavy atom. The van der Waals surface area contributed by atoms with Crippen LogP contribution in [0.2, 0.25) is 0 Å². The van der Waals surface area contributed by atoms with Crippen LogP contribution >= 0.6 is 22.6 Å². The number of hydrogen-bond acceptors (Lipinski definition) is 4. The van der Waals surface area contributed by atoms with Crippen LogP contribution in [0.25, 0.3) is 0 Å². The lowest BCUT2D eigenvalue weighted by molar-refractivity contribution is -0.131. The highest BCUT2D eigenvalue weighted by Crippen LogP contribution is 2.46. The Morgan fingerprint density at radius 2 is 1.30 bits per heavy atom. The number of rotatable bonds is 6. The van der Waals surface area contributed by atoms with E-state index in [0.717, 1.165) is 16.7 Å². The topological polar surface area (TPSA) is 56.1 Å². The van der Waals surface area contributed by atoms with Gasteiger partial charge in [0.05, 0.1) is 0 Å². The first kappa shape index (κ1) is 20.6. The summed E-state index contributed by atoms with van der Waals surface area (Å²) in [7, 11) is 0. The highest BCUT2D eigenvalue weighted by atomic mass is 127. The van der Waals surface area contributed by atoms with Gasteiger partial charge in [0.15, 0.2) is 4.17 Å². The third kappa shape index (κ3) is 3.30. The number of amidine groups is 1. The molecule has 4 rings (SSSR count). The van der Waals surface area contributed by atoms with Crippen LogP contribution in [0.15, 0.2) is 96.0 Å². The number of halogens is 1. The number of hydrogen-bond donors (Lipinski definition) is 1. The second-order valence-corrected chi connectivity index (χ2v) is 8.06. The standard InChI is InChI=1S/C24H22IN3O2/c1-2-27-23(25)26-21(22(29)30)28(27)24(18-12-6-3-7-13-18,19-14-8-4-9-15-19)20-16-10-5-11-17-20/h3-17,23H,2H2,1H3,(H,29,30). The van der Waals surface area contributed by atoms with Gasteiger partial charge in [-0.25, -0.2) is 9.79 Å². The SMILES string of the molecule is CCN1C(I)N=C(C(=O)O)N1C(c1ccccc1)(c1ccccc1)c1ccccc1. The van der Waals surface area contributed by atoms with Gasteiger partial charge in [-0.1, -0.05) is 97.9 Å². The normalized spacial score (nSPS) is 17.1. The first-order valence-electron chi connectivity index (χ1n) is 9.79. The monoisotopic (exact) mass is 511 g/mol. The molecule has 0 saturated heterocycles. The molecule has 1 unspecified atom stereocenters. The fourth-order valence-electron chi connectivity index (χ4n) is 4.13. The zero-order valence-corrected chi connectivity index (χ0v) is 18.7. The number of carbonyl (C=O) groups is 1. The third-order valence-electron chi connectivity index (χ3n) is 5.34. The van der Waals surface area contributed by atoms with Gasteiger partial charge in [0, 0.05) is 6.54 Å². The van der Waals surface area contributed by atoms with Crippen LogP contribution in [-0.4, -0.2) is 37.6 Å². The van der Waals surface area contributed by atoms with Crippen molar-refractivity contribution >= 4 is 34.4 Å². The largest absolute Gasteiger partial charge is 0.475 e. The summed E-state index contributed by atoms with van der Waals surface area (Å²) in [6.07, 6.45) is 0. The summed E-state index contributed by atoms with van der Waals surface area (Å²) in [5, 5.41) is 14.0. The van der Waals surface area contributed by atoms with Gasteiger partial charge in [0.1, 0.15) is 5.54 Å². The van der Waals surface area contributed by atoms with E-state index in [-0.39, 0.29) is 10.0 Å². The van der Waals surface area contributed by atoms with Crippen molar-refractivity contribution in [3.63, 3.8) is 0 Å². The Morgan fingerprint density at radius 3 is 1.63 bits per heavy atom. The van der Waals surface area contributed by atoms with E-state index in [2.05, 4.69) is 27.6 Å². The smallest absolute Gasteiger partial charge is 0.372 e. The molecule has 0 aromatic heterocycles. The summed E-state index contributed by atoms with van der Waals surface area (Å²) in [4.78, 5) is 16.9. The summed E-state index contributed by atoms with van der Waals surface area (Å²) in [6.45, 7) is 2.63. The highest BCUT2D eigenvalue weighted by Gasteiger charge is 2.51. The maximum absolute atomic E-state index is 12.4. The van der Waals surface area contributed by atoms with E-state index in [4.69, 9.17) is 0 Å². The van der Waals surface area contributed by atoms with E-state index in [9.17, 15) is 9.90 Å². The van der Waals surface area contributed by atoms with Crippen molar-refractivity contribution in [2.24, 2.45) is 4.99 Å². The zero-order chi connectivity index (χ0) is 21.1. The maximum atomic E-state index is 12.4. The van der Waals surface area contributed by atoms with Crippen molar-refractivity contribution in [2.75, 3.05) is 6.54 Å². The van der Waals surface area contributed by atoms with Crippen LogP contribution in [-0.2, 0) is 10.3 Å². The fraction of sp³-hybridized carbons (Fsp3) is 0.167. The minimum absolute atomic E-state index is 0.0350. The molecule has 0 saturated carbocycles. The van der Waals surface area contributed by atoms with Crippen LogP contribution in [0.1, 0.15) is 23.6 Å². The molecule has 6 heteroatoms. The number of aliphatic imine (C=N–C) groups is 1. The predicted molar refractivity (Wildman–Crippen MR) is 126 cm³/mol. The molecular formula is C24H22IN3O2. The minimum Gasteiger partial charge on any atom is -0.475 e. The van der Waals surface area contributed by atoms with Crippen LogP contribution in [0, 0.1) is 0 Å². The van der Waals surface area contributed by atoms with Crippen molar-refractivity contribution in [3.05, 3.63) is 108 Å². The van der Waals surface area contributed by atoms with Gasteiger partial charge in [0.25, 0.3) is 0 Å². The van der Waals surface area contributed by atoms with E-state index in [1.165, 1.54) is 0 Å². The maximum Gasteiger partial charge on any atom is 0.372 e. The molecule has 0 amide bonds. The van der Waals surface area contributed by atoms with E-state index in [1.807, 2.05) is 108 Å². The van der Waals surface area contributed by atoms with Crippen LogP contribution in [0.4, 0.5) is 0 Å². The number of hydrazine groups is 1. The number of nitrogens with zero attached hydrogens (tertiary/aromatic N) is 3. The van der Waals surface area contributed by atoms with Crippen molar-refractivity contribution in [3.8, 4) is 0 Å². The van der Waals surface area contributed by atoms with Crippen LogP contribution in [0.3, 0.4) is 0 Å². The number of carboxylic acids is 1. The molecule has 0 fully saturated rings. The molecule has 3 aromatic rings. The van der Waals surface area contributed by atoms with Crippen molar-refractivity contribution in [1.82, 2.24) is 10.0 Å². The average Bonchev–Trinajstić information content (AvgIpc) is 3.13. The van der Waals surface area contributed by atoms with E-state index >= 15 is 0 Å². The van der Waals surface area contributed by atoms with E-state index in [0.29, 0.717) is 6.54 Å².